The first-order valence-electron chi connectivity index (χ1n) is 5.78. The van der Waals surface area contributed by atoms with Crippen molar-refractivity contribution in [2.45, 2.75) is 6.92 Å². The molecule has 0 bridgehead atoms. The van der Waals surface area contributed by atoms with Crippen molar-refractivity contribution in [1.29, 1.82) is 0 Å². The number of ether oxygens (including phenoxy) is 1. The fourth-order valence-electron chi connectivity index (χ4n) is 1.79. The van der Waals surface area contributed by atoms with E-state index in [0.29, 0.717) is 5.75 Å². The highest BCUT2D eigenvalue weighted by molar-refractivity contribution is 9.10. The molecule has 0 saturated heterocycles. The summed E-state index contributed by atoms with van der Waals surface area (Å²) < 4.78 is 32.0. The Bertz CT molecular complexity index is 684. The van der Waals surface area contributed by atoms with Gasteiger partial charge in [-0.1, -0.05) is 15.9 Å². The zero-order valence-corrected chi connectivity index (χ0v) is 12.4. The molecule has 0 atom stereocenters. The van der Waals surface area contributed by atoms with Gasteiger partial charge in [0.1, 0.15) is 5.75 Å². The van der Waals surface area contributed by atoms with Crippen LogP contribution in [0.2, 0.25) is 0 Å². The fraction of sp³-hybridized carbons (Fsp3) is 0.133. The Morgan fingerprint density at radius 2 is 1.85 bits per heavy atom. The van der Waals surface area contributed by atoms with Gasteiger partial charge in [-0.2, -0.15) is 0 Å². The molecule has 2 aromatic carbocycles. The number of hydrogen-bond donors (Lipinski definition) is 0. The van der Waals surface area contributed by atoms with Gasteiger partial charge in [0.15, 0.2) is 17.4 Å². The maximum Gasteiger partial charge on any atom is 0.196 e. The molecule has 20 heavy (non-hydrogen) atoms. The molecule has 104 valence electrons. The van der Waals surface area contributed by atoms with Crippen LogP contribution in [0.4, 0.5) is 8.78 Å². The van der Waals surface area contributed by atoms with Crippen LogP contribution in [0.1, 0.15) is 21.5 Å². The topological polar surface area (TPSA) is 26.3 Å². The molecule has 0 saturated carbocycles. The summed E-state index contributed by atoms with van der Waals surface area (Å²) in [4.78, 5) is 12.4. The SMILES string of the molecule is COc1cc(C)c(Br)cc1C(=O)c1ccc(F)c(F)c1. The average molecular weight is 341 g/mol. The summed E-state index contributed by atoms with van der Waals surface area (Å²) in [5.74, 6) is -2.08. The highest BCUT2D eigenvalue weighted by atomic mass is 79.9. The van der Waals surface area contributed by atoms with Crippen molar-refractivity contribution in [3.05, 3.63) is 63.1 Å². The highest BCUT2D eigenvalue weighted by Crippen LogP contribution is 2.29. The van der Waals surface area contributed by atoms with Crippen LogP contribution in [-0.4, -0.2) is 12.9 Å². The van der Waals surface area contributed by atoms with Crippen LogP contribution >= 0.6 is 15.9 Å². The van der Waals surface area contributed by atoms with E-state index in [9.17, 15) is 13.6 Å². The summed E-state index contributed by atoms with van der Waals surface area (Å²) >= 11 is 3.33. The molecule has 0 aliphatic carbocycles. The number of carbonyl (C=O) groups excluding carboxylic acids is 1. The van der Waals surface area contributed by atoms with Crippen molar-refractivity contribution in [2.75, 3.05) is 7.11 Å². The predicted octanol–water partition coefficient (Wildman–Crippen LogP) is 4.28. The molecular weight excluding hydrogens is 330 g/mol. The highest BCUT2D eigenvalue weighted by Gasteiger charge is 2.17. The number of ketones is 1. The third-order valence-electron chi connectivity index (χ3n) is 2.91. The van der Waals surface area contributed by atoms with Crippen molar-refractivity contribution < 1.29 is 18.3 Å². The van der Waals surface area contributed by atoms with Gasteiger partial charge in [0, 0.05) is 10.0 Å². The largest absolute Gasteiger partial charge is 0.496 e. The molecule has 2 aromatic rings. The van der Waals surface area contributed by atoms with Gasteiger partial charge in [0.25, 0.3) is 0 Å². The number of rotatable bonds is 3. The summed E-state index contributed by atoms with van der Waals surface area (Å²) in [6, 6.07) is 6.37. The van der Waals surface area contributed by atoms with E-state index in [1.807, 2.05) is 6.92 Å². The number of aryl methyl sites for hydroxylation is 1. The average Bonchev–Trinajstić information content (AvgIpc) is 2.43. The Balaban J connectivity index is 2.52. The van der Waals surface area contributed by atoms with Gasteiger partial charge in [-0.15, -0.1) is 0 Å². The maximum atomic E-state index is 13.2. The van der Waals surface area contributed by atoms with E-state index < -0.39 is 17.4 Å². The molecular formula is C15H11BrF2O2. The van der Waals surface area contributed by atoms with E-state index in [2.05, 4.69) is 15.9 Å². The van der Waals surface area contributed by atoms with E-state index in [0.717, 1.165) is 22.2 Å². The van der Waals surface area contributed by atoms with Crippen molar-refractivity contribution in [2.24, 2.45) is 0 Å². The summed E-state index contributed by atoms with van der Waals surface area (Å²) in [5.41, 5.74) is 1.26. The number of hydrogen-bond acceptors (Lipinski definition) is 2. The second kappa shape index (κ2) is 5.71. The van der Waals surface area contributed by atoms with Crippen LogP contribution in [0.25, 0.3) is 0 Å². The van der Waals surface area contributed by atoms with Crippen molar-refractivity contribution in [3.63, 3.8) is 0 Å². The van der Waals surface area contributed by atoms with Crippen LogP contribution in [0, 0.1) is 18.6 Å². The number of benzene rings is 2. The first-order valence-corrected chi connectivity index (χ1v) is 6.57. The summed E-state index contributed by atoms with van der Waals surface area (Å²) in [6.45, 7) is 1.86. The molecule has 2 rings (SSSR count). The number of halogens is 3. The predicted molar refractivity (Wildman–Crippen MR) is 75.2 cm³/mol. The van der Waals surface area contributed by atoms with Gasteiger partial charge < -0.3 is 4.74 Å². The molecule has 0 N–H and O–H groups in total. The van der Waals surface area contributed by atoms with E-state index >= 15 is 0 Å². The summed E-state index contributed by atoms with van der Waals surface area (Å²) in [7, 11) is 1.45. The zero-order chi connectivity index (χ0) is 14.9. The lowest BCUT2D eigenvalue weighted by Crippen LogP contribution is -2.05. The van der Waals surface area contributed by atoms with Gasteiger partial charge in [0.2, 0.25) is 0 Å². The fourth-order valence-corrected chi connectivity index (χ4v) is 2.14. The van der Waals surface area contributed by atoms with Crippen molar-refractivity contribution in [1.82, 2.24) is 0 Å². The first kappa shape index (κ1) is 14.7. The van der Waals surface area contributed by atoms with Gasteiger partial charge in [-0.3, -0.25) is 4.79 Å². The van der Waals surface area contributed by atoms with Crippen LogP contribution in [-0.2, 0) is 0 Å². The second-order valence-electron chi connectivity index (χ2n) is 4.26. The zero-order valence-electron chi connectivity index (χ0n) is 10.8. The van der Waals surface area contributed by atoms with Crippen LogP contribution in [0.15, 0.2) is 34.8 Å². The van der Waals surface area contributed by atoms with Crippen molar-refractivity contribution >= 4 is 21.7 Å². The Hall–Kier alpha value is -1.75. The van der Waals surface area contributed by atoms with Crippen LogP contribution in [0.3, 0.4) is 0 Å². The Morgan fingerprint density at radius 1 is 1.15 bits per heavy atom. The Kier molecular flexibility index (Phi) is 4.18. The molecule has 0 spiro atoms. The Labute approximate surface area is 123 Å². The lowest BCUT2D eigenvalue weighted by molar-refractivity contribution is 0.103. The quantitative estimate of drug-likeness (QED) is 0.779. The van der Waals surface area contributed by atoms with Crippen LogP contribution < -0.4 is 4.74 Å². The monoisotopic (exact) mass is 340 g/mol. The lowest BCUT2D eigenvalue weighted by Gasteiger charge is -2.10. The normalized spacial score (nSPS) is 10.4. The van der Waals surface area contributed by atoms with Gasteiger partial charge in [0.05, 0.1) is 12.7 Å². The van der Waals surface area contributed by atoms with Gasteiger partial charge in [-0.05, 0) is 42.8 Å². The summed E-state index contributed by atoms with van der Waals surface area (Å²) in [5, 5.41) is 0. The molecule has 0 aliphatic rings. The van der Waals surface area contributed by atoms with Gasteiger partial charge in [-0.25, -0.2) is 8.78 Å². The Morgan fingerprint density at radius 3 is 2.45 bits per heavy atom. The molecule has 0 fully saturated rings. The van der Waals surface area contributed by atoms with E-state index in [4.69, 9.17) is 4.74 Å². The first-order chi connectivity index (χ1) is 9.43. The third-order valence-corrected chi connectivity index (χ3v) is 3.76. The van der Waals surface area contributed by atoms with E-state index in [1.54, 1.807) is 12.1 Å². The minimum atomic E-state index is -1.05. The van der Waals surface area contributed by atoms with E-state index in [-0.39, 0.29) is 11.1 Å². The molecule has 0 heterocycles. The smallest absolute Gasteiger partial charge is 0.196 e. The molecule has 0 aliphatic heterocycles. The third kappa shape index (κ3) is 2.72. The number of carbonyl (C=O) groups is 1. The molecule has 2 nitrogen and oxygen atoms in total. The molecule has 0 radical (unpaired) electrons. The van der Waals surface area contributed by atoms with Crippen molar-refractivity contribution in [3.8, 4) is 5.75 Å². The summed E-state index contributed by atoms with van der Waals surface area (Å²) in [6.07, 6.45) is 0. The maximum absolute atomic E-state index is 13.2. The second-order valence-corrected chi connectivity index (χ2v) is 5.11. The van der Waals surface area contributed by atoms with Crippen LogP contribution in [0.5, 0.6) is 5.75 Å². The standard InChI is InChI=1S/C15H11BrF2O2/c1-8-5-14(20-2)10(7-11(8)16)15(19)9-3-4-12(17)13(18)6-9/h3-7H,1-2H3. The molecule has 0 aromatic heterocycles. The molecule has 0 amide bonds. The number of methoxy groups -OCH3 is 1. The molecule has 5 heteroatoms. The van der Waals surface area contributed by atoms with Gasteiger partial charge >= 0.3 is 0 Å². The lowest BCUT2D eigenvalue weighted by atomic mass is 10.0. The minimum Gasteiger partial charge on any atom is -0.496 e. The minimum absolute atomic E-state index is 0.0675. The van der Waals surface area contributed by atoms with E-state index in [1.165, 1.54) is 13.2 Å². The molecule has 0 unspecified atom stereocenters.